The van der Waals surface area contributed by atoms with E-state index in [0.717, 1.165) is 0 Å². The summed E-state index contributed by atoms with van der Waals surface area (Å²) in [4.78, 5) is 0. The first-order valence-corrected chi connectivity index (χ1v) is 7.78. The molecule has 1 atom stereocenters. The molecule has 1 unspecified atom stereocenters. The monoisotopic (exact) mass is 274 g/mol. The van der Waals surface area contributed by atoms with Gasteiger partial charge >= 0.3 is 0 Å². The van der Waals surface area contributed by atoms with E-state index >= 15 is 0 Å². The maximum atomic E-state index is 12.8. The molecule has 5 heteroatoms. The molecule has 102 valence electrons. The first-order valence-electron chi connectivity index (χ1n) is 5.96. The van der Waals surface area contributed by atoms with Crippen LogP contribution in [0.5, 0.6) is 0 Å². The number of rotatable bonds is 6. The zero-order chi connectivity index (χ0) is 13.8. The van der Waals surface area contributed by atoms with Gasteiger partial charge in [-0.1, -0.05) is 19.1 Å². The van der Waals surface area contributed by atoms with Gasteiger partial charge < -0.3 is 5.11 Å². The van der Waals surface area contributed by atoms with Crippen molar-refractivity contribution in [1.29, 1.82) is 0 Å². The number of halogens is 1. The zero-order valence-electron chi connectivity index (χ0n) is 10.7. The Hall–Kier alpha value is -0.940. The molecule has 0 bridgehead atoms. The number of hydrogen-bond donors (Lipinski definition) is 1. The summed E-state index contributed by atoms with van der Waals surface area (Å²) < 4.78 is 35.4. The van der Waals surface area contributed by atoms with Crippen molar-refractivity contribution in [3.8, 4) is 0 Å². The van der Waals surface area contributed by atoms with Crippen molar-refractivity contribution in [3.63, 3.8) is 0 Å². The van der Waals surface area contributed by atoms with Gasteiger partial charge in [0.05, 0.1) is 11.4 Å². The van der Waals surface area contributed by atoms with E-state index in [4.69, 9.17) is 0 Å². The fraction of sp³-hybridized carbons (Fsp3) is 0.538. The van der Waals surface area contributed by atoms with E-state index < -0.39 is 15.4 Å². The highest BCUT2D eigenvalue weighted by atomic mass is 32.2. The van der Waals surface area contributed by atoms with Crippen LogP contribution >= 0.6 is 0 Å². The lowest BCUT2D eigenvalue weighted by molar-refractivity contribution is 0.0471. The molecule has 0 fully saturated rings. The fourth-order valence-electron chi connectivity index (χ4n) is 1.73. The standard InChI is InChI=1S/C13H19FO3S/c1-3-18(16,17)10-4-9-13(2,15)11-5-7-12(14)8-6-11/h5-8,15H,3-4,9-10H2,1-2H3. The molecule has 3 nitrogen and oxygen atoms in total. The van der Waals surface area contributed by atoms with E-state index in [1.54, 1.807) is 13.8 Å². The second kappa shape index (κ2) is 5.80. The summed E-state index contributed by atoms with van der Waals surface area (Å²) in [5, 5.41) is 10.2. The Balaban J connectivity index is 2.62. The summed E-state index contributed by atoms with van der Waals surface area (Å²) in [6.07, 6.45) is 0.721. The van der Waals surface area contributed by atoms with Crippen molar-refractivity contribution in [2.45, 2.75) is 32.3 Å². The lowest BCUT2D eigenvalue weighted by atomic mass is 9.91. The third kappa shape index (κ3) is 4.38. The highest BCUT2D eigenvalue weighted by Crippen LogP contribution is 2.26. The predicted octanol–water partition coefficient (Wildman–Crippen LogP) is 2.25. The van der Waals surface area contributed by atoms with E-state index in [-0.39, 0.29) is 17.3 Å². The van der Waals surface area contributed by atoms with Crippen molar-refractivity contribution in [1.82, 2.24) is 0 Å². The third-order valence-corrected chi connectivity index (χ3v) is 4.82. The summed E-state index contributed by atoms with van der Waals surface area (Å²) in [6, 6.07) is 5.60. The Kier molecular flexibility index (Phi) is 4.87. The van der Waals surface area contributed by atoms with Gasteiger partial charge in [0.1, 0.15) is 15.7 Å². The van der Waals surface area contributed by atoms with E-state index in [9.17, 15) is 17.9 Å². The van der Waals surface area contributed by atoms with Gasteiger partial charge in [-0.2, -0.15) is 0 Å². The van der Waals surface area contributed by atoms with Crippen molar-refractivity contribution in [2.24, 2.45) is 0 Å². The molecule has 0 heterocycles. The normalized spacial score (nSPS) is 15.3. The van der Waals surface area contributed by atoms with E-state index in [0.29, 0.717) is 18.4 Å². The van der Waals surface area contributed by atoms with Crippen LogP contribution in [0.4, 0.5) is 4.39 Å². The molecule has 0 saturated heterocycles. The van der Waals surface area contributed by atoms with Crippen LogP contribution in [0.3, 0.4) is 0 Å². The molecule has 0 radical (unpaired) electrons. The second-order valence-electron chi connectivity index (χ2n) is 4.62. The highest BCUT2D eigenvalue weighted by molar-refractivity contribution is 7.91. The molecule has 18 heavy (non-hydrogen) atoms. The largest absolute Gasteiger partial charge is 0.385 e. The molecule has 0 aliphatic rings. The summed E-state index contributed by atoms with van der Waals surface area (Å²) in [7, 11) is -3.00. The van der Waals surface area contributed by atoms with Crippen LogP contribution in [0.2, 0.25) is 0 Å². The first-order chi connectivity index (χ1) is 8.27. The minimum absolute atomic E-state index is 0.0703. The van der Waals surface area contributed by atoms with Crippen LogP contribution in [0.1, 0.15) is 32.3 Å². The molecule has 0 saturated carbocycles. The van der Waals surface area contributed by atoms with Crippen molar-refractivity contribution >= 4 is 9.84 Å². The molecule has 1 N–H and O–H groups in total. The van der Waals surface area contributed by atoms with Gasteiger partial charge in [0.15, 0.2) is 0 Å². The molecular formula is C13H19FO3S. The lowest BCUT2D eigenvalue weighted by Crippen LogP contribution is -2.22. The average molecular weight is 274 g/mol. The predicted molar refractivity (Wildman–Crippen MR) is 69.5 cm³/mol. The van der Waals surface area contributed by atoms with Crippen LogP contribution in [0, 0.1) is 5.82 Å². The Morgan fingerprint density at radius 2 is 1.83 bits per heavy atom. The van der Waals surface area contributed by atoms with Gasteiger partial charge in [0.25, 0.3) is 0 Å². The van der Waals surface area contributed by atoms with Crippen LogP contribution in [-0.2, 0) is 15.4 Å². The van der Waals surface area contributed by atoms with Crippen molar-refractivity contribution in [3.05, 3.63) is 35.6 Å². The minimum atomic E-state index is -3.00. The zero-order valence-corrected chi connectivity index (χ0v) is 11.5. The van der Waals surface area contributed by atoms with Gasteiger partial charge in [0, 0.05) is 5.75 Å². The third-order valence-electron chi connectivity index (χ3n) is 3.02. The first kappa shape index (κ1) is 15.1. The summed E-state index contributed by atoms with van der Waals surface area (Å²) in [5.74, 6) is -0.171. The van der Waals surface area contributed by atoms with Crippen LogP contribution < -0.4 is 0 Å². The molecule has 0 aliphatic heterocycles. The second-order valence-corrected chi connectivity index (χ2v) is 7.09. The van der Waals surface area contributed by atoms with Crippen LogP contribution in [-0.4, -0.2) is 25.0 Å². The van der Waals surface area contributed by atoms with Gasteiger partial charge in [0.2, 0.25) is 0 Å². The van der Waals surface area contributed by atoms with Gasteiger partial charge in [-0.05, 0) is 37.5 Å². The Labute approximate surface area is 108 Å². The maximum Gasteiger partial charge on any atom is 0.150 e. The van der Waals surface area contributed by atoms with Crippen molar-refractivity contribution < 1.29 is 17.9 Å². The lowest BCUT2D eigenvalue weighted by Gasteiger charge is -2.23. The van der Waals surface area contributed by atoms with Crippen LogP contribution in [0.15, 0.2) is 24.3 Å². The molecule has 1 aromatic carbocycles. The van der Waals surface area contributed by atoms with E-state index in [2.05, 4.69) is 0 Å². The SMILES string of the molecule is CCS(=O)(=O)CCCC(C)(O)c1ccc(F)cc1. The molecule has 1 rings (SSSR count). The summed E-state index contributed by atoms with van der Waals surface area (Å²) in [6.45, 7) is 3.21. The Bertz CT molecular complexity index is 477. The molecular weight excluding hydrogens is 255 g/mol. The van der Waals surface area contributed by atoms with Gasteiger partial charge in [-0.3, -0.25) is 0 Å². The number of benzene rings is 1. The fourth-order valence-corrected chi connectivity index (χ4v) is 2.61. The van der Waals surface area contributed by atoms with Gasteiger partial charge in [-0.25, -0.2) is 12.8 Å². The quantitative estimate of drug-likeness (QED) is 0.865. The summed E-state index contributed by atoms with van der Waals surface area (Å²) >= 11 is 0. The molecule has 0 aliphatic carbocycles. The van der Waals surface area contributed by atoms with Crippen molar-refractivity contribution in [2.75, 3.05) is 11.5 Å². The topological polar surface area (TPSA) is 54.4 Å². The number of sulfone groups is 1. The summed E-state index contributed by atoms with van der Waals surface area (Å²) in [5.41, 5.74) is -0.533. The Morgan fingerprint density at radius 1 is 1.28 bits per heavy atom. The molecule has 0 spiro atoms. The van der Waals surface area contributed by atoms with Gasteiger partial charge in [-0.15, -0.1) is 0 Å². The van der Waals surface area contributed by atoms with E-state index in [1.807, 2.05) is 0 Å². The minimum Gasteiger partial charge on any atom is -0.385 e. The number of hydrogen-bond acceptors (Lipinski definition) is 3. The molecule has 0 amide bonds. The molecule has 0 aromatic heterocycles. The van der Waals surface area contributed by atoms with E-state index in [1.165, 1.54) is 24.3 Å². The molecule has 1 aromatic rings. The average Bonchev–Trinajstić information content (AvgIpc) is 2.29. The smallest absolute Gasteiger partial charge is 0.150 e. The maximum absolute atomic E-state index is 12.8. The van der Waals surface area contributed by atoms with Crippen LogP contribution in [0.25, 0.3) is 0 Å². The number of aliphatic hydroxyl groups is 1. The Morgan fingerprint density at radius 3 is 2.33 bits per heavy atom. The highest BCUT2D eigenvalue weighted by Gasteiger charge is 2.23.